The number of methoxy groups -OCH3 is 1. The molecular weight excluding hydrogens is 348 g/mol. The van der Waals surface area contributed by atoms with Crippen LogP contribution in [-0.4, -0.2) is 12.9 Å². The third-order valence-electron chi connectivity index (χ3n) is 4.98. The summed E-state index contributed by atoms with van der Waals surface area (Å²) in [6, 6.07) is 23.6. The largest absolute Gasteiger partial charge is 0.493 e. The summed E-state index contributed by atoms with van der Waals surface area (Å²) in [5.74, 6) is 1.46. The molecule has 0 unspecified atom stereocenters. The first-order chi connectivity index (χ1) is 13.7. The van der Waals surface area contributed by atoms with Gasteiger partial charge in [-0.3, -0.25) is 4.79 Å². The number of hydrogen-bond donors (Lipinski definition) is 0. The minimum Gasteiger partial charge on any atom is -0.493 e. The van der Waals surface area contributed by atoms with E-state index in [1.165, 1.54) is 0 Å². The summed E-state index contributed by atoms with van der Waals surface area (Å²) in [6.45, 7) is 0.462. The van der Waals surface area contributed by atoms with E-state index in [0.29, 0.717) is 18.1 Å². The van der Waals surface area contributed by atoms with Crippen molar-refractivity contribution >= 4 is 11.9 Å². The van der Waals surface area contributed by atoms with Gasteiger partial charge in [-0.25, -0.2) is 0 Å². The Morgan fingerprint density at radius 1 is 0.893 bits per heavy atom. The number of hydrogen-bond acceptors (Lipinski definition) is 3. The molecular formula is C25H22O3. The fraction of sp³-hybridized carbons (Fsp3) is 0.160. The lowest BCUT2D eigenvalue weighted by Gasteiger charge is -2.17. The maximum Gasteiger partial charge on any atom is 0.189 e. The number of fused-ring (bicyclic) bond motifs is 1. The van der Waals surface area contributed by atoms with Crippen molar-refractivity contribution in [2.24, 2.45) is 0 Å². The van der Waals surface area contributed by atoms with Crippen molar-refractivity contribution < 1.29 is 14.3 Å². The normalized spacial score (nSPS) is 14.6. The lowest BCUT2D eigenvalue weighted by Crippen LogP contribution is -2.13. The minimum atomic E-state index is 0.115. The van der Waals surface area contributed by atoms with E-state index in [9.17, 15) is 4.79 Å². The molecule has 3 heteroatoms. The van der Waals surface area contributed by atoms with Crippen LogP contribution in [0.1, 0.15) is 33.5 Å². The molecule has 0 radical (unpaired) electrons. The van der Waals surface area contributed by atoms with Gasteiger partial charge in [0.25, 0.3) is 0 Å². The first kappa shape index (κ1) is 18.1. The average Bonchev–Trinajstić information content (AvgIpc) is 2.75. The van der Waals surface area contributed by atoms with Crippen molar-refractivity contribution in [3.8, 4) is 11.5 Å². The standard InChI is InChI=1S/C25H22O3/c1-27-23-14-11-19(16-24(23)28-17-18-7-3-2-4-8-18)15-21-13-12-20-9-5-6-10-22(20)25(21)26/h2-11,14-16H,12-13,17H2,1H3/b21-15-. The van der Waals surface area contributed by atoms with Crippen LogP contribution in [0.25, 0.3) is 6.08 Å². The average molecular weight is 370 g/mol. The van der Waals surface area contributed by atoms with Crippen LogP contribution < -0.4 is 9.47 Å². The molecule has 1 aliphatic rings. The molecule has 0 amide bonds. The molecule has 4 rings (SSSR count). The summed E-state index contributed by atoms with van der Waals surface area (Å²) >= 11 is 0. The predicted octanol–water partition coefficient (Wildman–Crippen LogP) is 5.49. The van der Waals surface area contributed by atoms with Gasteiger partial charge >= 0.3 is 0 Å². The van der Waals surface area contributed by atoms with Gasteiger partial charge in [-0.05, 0) is 47.7 Å². The molecule has 28 heavy (non-hydrogen) atoms. The van der Waals surface area contributed by atoms with Gasteiger partial charge in [0.1, 0.15) is 6.61 Å². The highest BCUT2D eigenvalue weighted by Gasteiger charge is 2.21. The van der Waals surface area contributed by atoms with Crippen LogP contribution in [0, 0.1) is 0 Å². The molecule has 0 aliphatic heterocycles. The Kier molecular flexibility index (Phi) is 5.24. The van der Waals surface area contributed by atoms with E-state index in [2.05, 4.69) is 0 Å². The van der Waals surface area contributed by atoms with Gasteiger partial charge in [0.2, 0.25) is 0 Å². The molecule has 0 bridgehead atoms. The Morgan fingerprint density at radius 2 is 1.68 bits per heavy atom. The van der Waals surface area contributed by atoms with Crippen molar-refractivity contribution in [1.29, 1.82) is 0 Å². The number of rotatable bonds is 5. The number of ketones is 1. The maximum absolute atomic E-state index is 12.8. The van der Waals surface area contributed by atoms with Gasteiger partial charge in [0.15, 0.2) is 17.3 Å². The molecule has 0 N–H and O–H groups in total. The van der Waals surface area contributed by atoms with Gasteiger partial charge in [-0.1, -0.05) is 60.7 Å². The maximum atomic E-state index is 12.8. The zero-order valence-electron chi connectivity index (χ0n) is 15.9. The SMILES string of the molecule is COc1ccc(/C=C2/CCc3ccccc3C2=O)cc1OCc1ccccc1. The van der Waals surface area contributed by atoms with Crippen LogP contribution in [0.4, 0.5) is 0 Å². The fourth-order valence-electron chi connectivity index (χ4n) is 3.49. The fourth-order valence-corrected chi connectivity index (χ4v) is 3.49. The van der Waals surface area contributed by atoms with Gasteiger partial charge < -0.3 is 9.47 Å². The van der Waals surface area contributed by atoms with E-state index in [1.807, 2.05) is 78.9 Å². The van der Waals surface area contributed by atoms with Crippen molar-refractivity contribution in [2.75, 3.05) is 7.11 Å². The molecule has 3 aromatic rings. The van der Waals surface area contributed by atoms with Crippen molar-refractivity contribution in [2.45, 2.75) is 19.4 Å². The highest BCUT2D eigenvalue weighted by molar-refractivity contribution is 6.13. The molecule has 3 nitrogen and oxygen atoms in total. The Hall–Kier alpha value is -3.33. The van der Waals surface area contributed by atoms with E-state index in [-0.39, 0.29) is 5.78 Å². The van der Waals surface area contributed by atoms with Gasteiger partial charge in [0, 0.05) is 11.1 Å². The molecule has 140 valence electrons. The van der Waals surface area contributed by atoms with Gasteiger partial charge in [-0.15, -0.1) is 0 Å². The molecule has 0 fully saturated rings. The monoisotopic (exact) mass is 370 g/mol. The highest BCUT2D eigenvalue weighted by atomic mass is 16.5. The molecule has 0 saturated heterocycles. The number of carbonyl (C=O) groups excluding carboxylic acids is 1. The second-order valence-corrected chi connectivity index (χ2v) is 6.84. The molecule has 3 aromatic carbocycles. The zero-order valence-corrected chi connectivity index (χ0v) is 15.9. The summed E-state index contributed by atoms with van der Waals surface area (Å²) < 4.78 is 11.4. The number of aryl methyl sites for hydroxylation is 1. The van der Waals surface area contributed by atoms with Crippen LogP contribution in [0.2, 0.25) is 0 Å². The lowest BCUT2D eigenvalue weighted by atomic mass is 9.86. The molecule has 0 aromatic heterocycles. The zero-order chi connectivity index (χ0) is 19.3. The van der Waals surface area contributed by atoms with Gasteiger partial charge in [0.05, 0.1) is 7.11 Å². The molecule has 0 spiro atoms. The third-order valence-corrected chi connectivity index (χ3v) is 4.98. The first-order valence-electron chi connectivity index (χ1n) is 9.42. The van der Waals surface area contributed by atoms with Crippen LogP contribution in [-0.2, 0) is 13.0 Å². The minimum absolute atomic E-state index is 0.115. The third kappa shape index (κ3) is 3.84. The number of allylic oxidation sites excluding steroid dienone is 1. The van der Waals surface area contributed by atoms with E-state index < -0.39 is 0 Å². The molecule has 0 saturated carbocycles. The number of carbonyl (C=O) groups is 1. The van der Waals surface area contributed by atoms with Crippen LogP contribution in [0.5, 0.6) is 11.5 Å². The Morgan fingerprint density at radius 3 is 2.50 bits per heavy atom. The quantitative estimate of drug-likeness (QED) is 0.557. The summed E-state index contributed by atoms with van der Waals surface area (Å²) in [5.41, 5.74) is 4.80. The van der Waals surface area contributed by atoms with Crippen molar-refractivity contribution in [1.82, 2.24) is 0 Å². The predicted molar refractivity (Wildman–Crippen MR) is 111 cm³/mol. The first-order valence-corrected chi connectivity index (χ1v) is 9.42. The lowest BCUT2D eigenvalue weighted by molar-refractivity contribution is 0.102. The van der Waals surface area contributed by atoms with Crippen LogP contribution in [0.15, 0.2) is 78.4 Å². The topological polar surface area (TPSA) is 35.5 Å². The Balaban J connectivity index is 1.58. The van der Waals surface area contributed by atoms with Crippen molar-refractivity contribution in [3.63, 3.8) is 0 Å². The van der Waals surface area contributed by atoms with E-state index in [0.717, 1.165) is 40.7 Å². The number of benzene rings is 3. The van der Waals surface area contributed by atoms with Gasteiger partial charge in [-0.2, -0.15) is 0 Å². The summed E-state index contributed by atoms with van der Waals surface area (Å²) in [6.07, 6.45) is 3.61. The van der Waals surface area contributed by atoms with E-state index >= 15 is 0 Å². The van der Waals surface area contributed by atoms with Crippen molar-refractivity contribution in [3.05, 3.63) is 101 Å². The Labute approximate surface area is 165 Å². The second kappa shape index (κ2) is 8.13. The molecule has 1 aliphatic carbocycles. The molecule has 0 heterocycles. The molecule has 0 atom stereocenters. The summed E-state index contributed by atoms with van der Waals surface area (Å²) in [4.78, 5) is 12.8. The highest BCUT2D eigenvalue weighted by Crippen LogP contribution is 2.31. The smallest absolute Gasteiger partial charge is 0.189 e. The van der Waals surface area contributed by atoms with Crippen LogP contribution in [0.3, 0.4) is 0 Å². The summed E-state index contributed by atoms with van der Waals surface area (Å²) in [7, 11) is 1.63. The number of Topliss-reactive ketones (excluding diaryl/α,β-unsaturated/α-hetero) is 1. The summed E-state index contributed by atoms with van der Waals surface area (Å²) in [5, 5.41) is 0. The van der Waals surface area contributed by atoms with Crippen LogP contribution >= 0.6 is 0 Å². The number of ether oxygens (including phenoxy) is 2. The Bertz CT molecular complexity index is 1020. The van der Waals surface area contributed by atoms with E-state index in [1.54, 1.807) is 7.11 Å². The second-order valence-electron chi connectivity index (χ2n) is 6.84. The van der Waals surface area contributed by atoms with E-state index in [4.69, 9.17) is 9.47 Å².